The highest BCUT2D eigenvalue weighted by molar-refractivity contribution is 5.91. The molecule has 0 amide bonds. The van der Waals surface area contributed by atoms with E-state index in [9.17, 15) is 24.5 Å². The van der Waals surface area contributed by atoms with Gasteiger partial charge >= 0.3 is 12.1 Å². The zero-order chi connectivity index (χ0) is 36.5. The van der Waals surface area contributed by atoms with Gasteiger partial charge in [0.2, 0.25) is 5.88 Å². The van der Waals surface area contributed by atoms with Crippen LogP contribution in [0.25, 0.3) is 11.1 Å². The number of rotatable bonds is 10. The second kappa shape index (κ2) is 14.3. The third kappa shape index (κ3) is 8.01. The van der Waals surface area contributed by atoms with E-state index in [2.05, 4.69) is 20.2 Å². The van der Waals surface area contributed by atoms with E-state index in [0.717, 1.165) is 49.3 Å². The molecule has 274 valence electrons. The van der Waals surface area contributed by atoms with Crippen LogP contribution in [0.15, 0.2) is 41.5 Å². The number of morpholine rings is 1. The average molecular weight is 708 g/mol. The van der Waals surface area contributed by atoms with E-state index in [-0.39, 0.29) is 45.3 Å². The van der Waals surface area contributed by atoms with E-state index in [1.807, 2.05) is 6.07 Å². The molecule has 2 atom stereocenters. The smallest absolute Gasteiger partial charge is 0.435 e. The Morgan fingerprint density at radius 1 is 1.16 bits per heavy atom. The van der Waals surface area contributed by atoms with Crippen molar-refractivity contribution < 1.29 is 33.5 Å². The number of anilines is 2. The van der Waals surface area contributed by atoms with E-state index >= 15 is 0 Å². The zero-order valence-electron chi connectivity index (χ0n) is 29.7. The zero-order valence-corrected chi connectivity index (χ0v) is 29.7. The minimum absolute atomic E-state index is 0.0309. The topological polar surface area (TPSA) is 173 Å². The van der Waals surface area contributed by atoms with Crippen molar-refractivity contribution in [2.75, 3.05) is 69.9 Å². The largest absolute Gasteiger partial charge is 0.475 e. The summed E-state index contributed by atoms with van der Waals surface area (Å²) in [5.74, 6) is -0.198. The number of pyridine rings is 1. The lowest BCUT2D eigenvalue weighted by Gasteiger charge is -2.41. The third-order valence-corrected chi connectivity index (χ3v) is 9.51. The molecule has 2 unspecified atom stereocenters. The number of likely N-dealkylation sites (tertiary alicyclic amines) is 1. The van der Waals surface area contributed by atoms with Gasteiger partial charge in [-0.1, -0.05) is 0 Å². The van der Waals surface area contributed by atoms with Crippen LogP contribution in [0, 0.1) is 16.0 Å². The second-order valence-corrected chi connectivity index (χ2v) is 14.5. The summed E-state index contributed by atoms with van der Waals surface area (Å²) in [6.45, 7) is 10.0. The first kappa shape index (κ1) is 35.9. The number of esters is 1. The summed E-state index contributed by atoms with van der Waals surface area (Å²) in [4.78, 5) is 54.8. The number of hydrogen-bond donors (Lipinski definition) is 1. The molecular formula is C35H45N7O9. The monoisotopic (exact) mass is 707 g/mol. The number of nitro groups is 1. The van der Waals surface area contributed by atoms with Gasteiger partial charge in [0.05, 0.1) is 47.5 Å². The Balaban J connectivity index is 1.21. The number of nitrogens with one attached hydrogen (secondary N) is 1. The molecule has 2 aliphatic heterocycles. The van der Waals surface area contributed by atoms with Gasteiger partial charge in [-0.2, -0.15) is 4.68 Å². The molecule has 0 spiro atoms. The van der Waals surface area contributed by atoms with Gasteiger partial charge in [-0.25, -0.2) is 9.59 Å². The van der Waals surface area contributed by atoms with Gasteiger partial charge in [-0.3, -0.25) is 19.8 Å². The van der Waals surface area contributed by atoms with Crippen molar-refractivity contribution in [3.05, 3.63) is 62.7 Å². The van der Waals surface area contributed by atoms with Crippen molar-refractivity contribution >= 4 is 29.1 Å². The van der Waals surface area contributed by atoms with Crippen LogP contribution in [0.3, 0.4) is 0 Å². The number of piperidine rings is 1. The normalized spacial score (nSPS) is 20.6. The predicted molar refractivity (Wildman–Crippen MR) is 188 cm³/mol. The summed E-state index contributed by atoms with van der Waals surface area (Å²) in [6, 6.07) is 6.65. The molecule has 0 radical (unpaired) electrons. The number of nitrogens with zero attached hydrogens (tertiary/aromatic N) is 6. The minimum atomic E-state index is -0.799. The van der Waals surface area contributed by atoms with E-state index < -0.39 is 23.2 Å². The van der Waals surface area contributed by atoms with E-state index in [0.29, 0.717) is 37.9 Å². The van der Waals surface area contributed by atoms with Crippen LogP contribution in [0.5, 0.6) is 5.88 Å². The van der Waals surface area contributed by atoms with Crippen molar-refractivity contribution in [1.29, 1.82) is 0 Å². The average Bonchev–Trinajstić information content (AvgIpc) is 3.64. The van der Waals surface area contributed by atoms with Gasteiger partial charge in [0.15, 0.2) is 0 Å². The maximum Gasteiger partial charge on any atom is 0.435 e. The third-order valence-electron chi connectivity index (χ3n) is 9.51. The molecule has 3 aromatic rings. The lowest BCUT2D eigenvalue weighted by atomic mass is 9.90. The highest BCUT2D eigenvalue weighted by atomic mass is 16.6. The number of nitro benzene ring substituents is 1. The standard InChI is InChI=1S/C35H45N7O9/c1-34(2,3)51-33(45)41-21-27(26-16-24(32(44)48-5)20-38(4)31(26)43)30(37-41)50-15-10-39-19-23-8-9-35(18-23,22-39)36-28-17-25(6-7-29(28)42(46)47)40-11-13-49-14-12-40/h6-7,16-17,20-21,23,36H,8-15,18-19,22H2,1-5H3. The van der Waals surface area contributed by atoms with Gasteiger partial charge in [0.1, 0.15) is 17.9 Å². The van der Waals surface area contributed by atoms with Gasteiger partial charge < -0.3 is 33.7 Å². The molecule has 1 saturated carbocycles. The van der Waals surface area contributed by atoms with Gasteiger partial charge in [-0.05, 0) is 64.2 Å². The first-order valence-corrected chi connectivity index (χ1v) is 17.1. The fraction of sp³-hybridized carbons (Fsp3) is 0.543. The molecule has 1 aromatic carbocycles. The molecule has 2 aromatic heterocycles. The summed E-state index contributed by atoms with van der Waals surface area (Å²) in [5.41, 5.74) is 0.353. The van der Waals surface area contributed by atoms with Crippen molar-refractivity contribution in [1.82, 2.24) is 19.2 Å². The fourth-order valence-corrected chi connectivity index (χ4v) is 7.26. The van der Waals surface area contributed by atoms with Crippen molar-refractivity contribution in [2.45, 2.75) is 51.2 Å². The molecule has 4 heterocycles. The van der Waals surface area contributed by atoms with Crippen LogP contribution in [0.2, 0.25) is 0 Å². The Morgan fingerprint density at radius 2 is 1.92 bits per heavy atom. The number of aryl methyl sites for hydroxylation is 1. The summed E-state index contributed by atoms with van der Waals surface area (Å²) in [7, 11) is 2.76. The van der Waals surface area contributed by atoms with Crippen LogP contribution in [0.1, 0.15) is 50.4 Å². The number of aromatic nitrogens is 3. The van der Waals surface area contributed by atoms with Crippen LogP contribution in [0.4, 0.5) is 21.9 Å². The maximum absolute atomic E-state index is 13.3. The molecule has 2 saturated heterocycles. The molecule has 3 aliphatic rings. The SMILES string of the molecule is COC(=O)c1cc(-c2cn(C(=O)OC(C)(C)C)nc2OCCN2CC3CCC(Nc4cc(N5CCOCC5)ccc4[N+](=O)[O-])(C3)C2)c(=O)n(C)c1. The molecule has 16 heteroatoms. The number of hydrogen-bond acceptors (Lipinski definition) is 13. The van der Waals surface area contributed by atoms with Crippen molar-refractivity contribution in [3.8, 4) is 17.0 Å². The second-order valence-electron chi connectivity index (χ2n) is 14.5. The number of methoxy groups -OCH3 is 1. The Kier molecular flexibility index (Phi) is 10.1. The molecule has 3 fully saturated rings. The van der Waals surface area contributed by atoms with Gasteiger partial charge in [-0.15, -0.1) is 5.10 Å². The molecule has 16 nitrogen and oxygen atoms in total. The van der Waals surface area contributed by atoms with Gasteiger partial charge in [0.25, 0.3) is 11.2 Å². The summed E-state index contributed by atoms with van der Waals surface area (Å²) >= 11 is 0. The number of fused-ring (bicyclic) bond motifs is 2. The Morgan fingerprint density at radius 3 is 2.63 bits per heavy atom. The first-order valence-electron chi connectivity index (χ1n) is 17.1. The molecule has 6 rings (SSSR count). The Labute approximate surface area is 295 Å². The first-order chi connectivity index (χ1) is 24.2. The molecule has 1 aliphatic carbocycles. The molecular weight excluding hydrogens is 662 g/mol. The predicted octanol–water partition coefficient (Wildman–Crippen LogP) is 3.91. The van der Waals surface area contributed by atoms with Crippen molar-refractivity contribution in [3.63, 3.8) is 0 Å². The summed E-state index contributed by atoms with van der Waals surface area (Å²) < 4.78 is 24.3. The van der Waals surface area contributed by atoms with E-state index in [1.54, 1.807) is 32.9 Å². The van der Waals surface area contributed by atoms with Crippen LogP contribution < -0.4 is 20.5 Å². The van der Waals surface area contributed by atoms with Crippen LogP contribution in [-0.2, 0) is 21.3 Å². The number of carbonyl (C=O) groups is 2. The Bertz CT molecular complexity index is 1860. The van der Waals surface area contributed by atoms with Crippen LogP contribution in [-0.4, -0.2) is 107 Å². The maximum atomic E-state index is 13.3. The fourth-order valence-electron chi connectivity index (χ4n) is 7.26. The summed E-state index contributed by atoms with van der Waals surface area (Å²) in [6.07, 6.45) is 4.74. The lowest BCUT2D eigenvalue weighted by Crippen LogP contribution is -2.52. The summed E-state index contributed by atoms with van der Waals surface area (Å²) in [5, 5.41) is 20.0. The molecule has 51 heavy (non-hydrogen) atoms. The lowest BCUT2D eigenvalue weighted by molar-refractivity contribution is -0.384. The highest BCUT2D eigenvalue weighted by Crippen LogP contribution is 2.44. The van der Waals surface area contributed by atoms with Gasteiger partial charge in [0, 0.05) is 63.9 Å². The van der Waals surface area contributed by atoms with E-state index in [4.69, 9.17) is 18.9 Å². The number of ether oxygens (including phenoxy) is 4. The molecule has 2 bridgehead atoms. The number of benzene rings is 1. The molecule has 1 N–H and O–H groups in total. The van der Waals surface area contributed by atoms with Crippen LogP contribution >= 0.6 is 0 Å². The highest BCUT2D eigenvalue weighted by Gasteiger charge is 2.45. The Hall–Kier alpha value is -4.96. The van der Waals surface area contributed by atoms with Crippen molar-refractivity contribution in [2.24, 2.45) is 13.0 Å². The number of carbonyl (C=O) groups excluding carboxylic acids is 2. The quantitative estimate of drug-likeness (QED) is 0.183. The minimum Gasteiger partial charge on any atom is -0.475 e. The van der Waals surface area contributed by atoms with E-state index in [1.165, 1.54) is 37.2 Å².